The lowest BCUT2D eigenvalue weighted by Crippen LogP contribution is -2.04. The number of para-hydroxylation sites is 1. The lowest BCUT2D eigenvalue weighted by Gasteiger charge is -2.14. The van der Waals surface area contributed by atoms with E-state index < -0.39 is 0 Å². The summed E-state index contributed by atoms with van der Waals surface area (Å²) in [5.74, 6) is 0.881. The van der Waals surface area contributed by atoms with Gasteiger partial charge in [0.05, 0.1) is 5.02 Å². The highest BCUT2D eigenvalue weighted by molar-refractivity contribution is 9.10. The fourth-order valence-electron chi connectivity index (χ4n) is 3.17. The number of hydrogen-bond acceptors (Lipinski definition) is 2. The average molecular weight is 453 g/mol. The first kappa shape index (κ1) is 18.9. The third-order valence-corrected chi connectivity index (χ3v) is 5.87. The molecule has 28 heavy (non-hydrogen) atoms. The van der Waals surface area contributed by atoms with Gasteiger partial charge in [-0.3, -0.25) is 0 Å². The van der Waals surface area contributed by atoms with Gasteiger partial charge in [0.2, 0.25) is 0 Å². The van der Waals surface area contributed by atoms with Gasteiger partial charge in [-0.2, -0.15) is 0 Å². The Morgan fingerprint density at radius 3 is 2.46 bits per heavy atom. The standard InChI is InChI=1S/C24H19BrClNO/c25-22-13-12-20(14-23(22)26)27-15-18-7-2-4-11-24(18)28-16-19-9-5-8-17-6-1-3-10-21(17)19/h1-14,27H,15-16H2. The maximum absolute atomic E-state index is 6.19. The van der Waals surface area contributed by atoms with Crippen LogP contribution in [0.5, 0.6) is 5.75 Å². The summed E-state index contributed by atoms with van der Waals surface area (Å²) in [5.41, 5.74) is 3.25. The number of fused-ring (bicyclic) bond motifs is 1. The Labute approximate surface area is 178 Å². The fourth-order valence-corrected chi connectivity index (χ4v) is 3.60. The molecule has 0 radical (unpaired) electrons. The molecule has 0 aromatic heterocycles. The summed E-state index contributed by atoms with van der Waals surface area (Å²) >= 11 is 9.60. The summed E-state index contributed by atoms with van der Waals surface area (Å²) in [6.07, 6.45) is 0. The number of benzene rings is 4. The summed E-state index contributed by atoms with van der Waals surface area (Å²) in [6, 6.07) is 28.7. The lowest BCUT2D eigenvalue weighted by molar-refractivity contribution is 0.304. The second kappa shape index (κ2) is 8.68. The van der Waals surface area contributed by atoms with Crippen LogP contribution in [0.25, 0.3) is 10.8 Å². The van der Waals surface area contributed by atoms with Crippen LogP contribution in [0.3, 0.4) is 0 Å². The highest BCUT2D eigenvalue weighted by Gasteiger charge is 2.06. The quantitative estimate of drug-likeness (QED) is 0.328. The Kier molecular flexibility index (Phi) is 5.84. The number of hydrogen-bond donors (Lipinski definition) is 1. The van der Waals surface area contributed by atoms with Gasteiger partial charge >= 0.3 is 0 Å². The summed E-state index contributed by atoms with van der Waals surface area (Å²) < 4.78 is 7.08. The van der Waals surface area contributed by atoms with Crippen LogP contribution in [0.15, 0.2) is 89.4 Å². The molecule has 0 aliphatic carbocycles. The number of halogens is 2. The molecule has 4 aromatic rings. The van der Waals surface area contributed by atoms with Crippen molar-refractivity contribution in [3.63, 3.8) is 0 Å². The van der Waals surface area contributed by atoms with Crippen LogP contribution in [-0.4, -0.2) is 0 Å². The van der Waals surface area contributed by atoms with E-state index in [1.807, 2.05) is 36.4 Å². The Hall–Kier alpha value is -2.49. The Morgan fingerprint density at radius 2 is 1.57 bits per heavy atom. The van der Waals surface area contributed by atoms with Crippen molar-refractivity contribution in [2.45, 2.75) is 13.2 Å². The highest BCUT2D eigenvalue weighted by Crippen LogP contribution is 2.27. The lowest BCUT2D eigenvalue weighted by atomic mass is 10.1. The van der Waals surface area contributed by atoms with Crippen LogP contribution in [0.2, 0.25) is 5.02 Å². The van der Waals surface area contributed by atoms with Crippen molar-refractivity contribution in [1.82, 2.24) is 0 Å². The molecule has 0 aliphatic rings. The summed E-state index contributed by atoms with van der Waals surface area (Å²) in [7, 11) is 0. The van der Waals surface area contributed by atoms with Gasteiger partial charge in [0, 0.05) is 22.3 Å². The molecule has 4 rings (SSSR count). The average Bonchev–Trinajstić information content (AvgIpc) is 2.73. The number of nitrogens with one attached hydrogen (secondary N) is 1. The van der Waals surface area contributed by atoms with Crippen molar-refractivity contribution < 1.29 is 4.74 Å². The summed E-state index contributed by atoms with van der Waals surface area (Å²) in [4.78, 5) is 0. The smallest absolute Gasteiger partial charge is 0.124 e. The molecule has 0 saturated carbocycles. The maximum Gasteiger partial charge on any atom is 0.124 e. The number of rotatable bonds is 6. The first-order valence-corrected chi connectivity index (χ1v) is 10.2. The van der Waals surface area contributed by atoms with Crippen LogP contribution in [-0.2, 0) is 13.2 Å². The first-order chi connectivity index (χ1) is 13.7. The van der Waals surface area contributed by atoms with E-state index in [1.165, 1.54) is 16.3 Å². The monoisotopic (exact) mass is 451 g/mol. The SMILES string of the molecule is Clc1cc(NCc2ccccc2OCc2cccc3ccccc23)ccc1Br. The molecule has 0 atom stereocenters. The van der Waals surface area contributed by atoms with E-state index in [-0.39, 0.29) is 0 Å². The van der Waals surface area contributed by atoms with Crippen molar-refractivity contribution in [2.24, 2.45) is 0 Å². The molecular formula is C24H19BrClNO. The molecule has 0 bridgehead atoms. The van der Waals surface area contributed by atoms with Crippen molar-refractivity contribution in [3.8, 4) is 5.75 Å². The summed E-state index contributed by atoms with van der Waals surface area (Å²) in [5, 5.41) is 6.55. The maximum atomic E-state index is 6.19. The number of ether oxygens (including phenoxy) is 1. The third kappa shape index (κ3) is 4.32. The zero-order valence-corrected chi connectivity index (χ0v) is 17.5. The van der Waals surface area contributed by atoms with E-state index in [2.05, 4.69) is 69.8 Å². The molecule has 0 saturated heterocycles. The van der Waals surface area contributed by atoms with E-state index in [1.54, 1.807) is 0 Å². The second-order valence-corrected chi connectivity index (χ2v) is 7.78. The predicted molar refractivity (Wildman–Crippen MR) is 121 cm³/mol. The van der Waals surface area contributed by atoms with Gasteiger partial charge in [-0.1, -0.05) is 72.3 Å². The van der Waals surface area contributed by atoms with E-state index >= 15 is 0 Å². The molecule has 4 aromatic carbocycles. The van der Waals surface area contributed by atoms with Gasteiger partial charge < -0.3 is 10.1 Å². The molecule has 2 nitrogen and oxygen atoms in total. The highest BCUT2D eigenvalue weighted by atomic mass is 79.9. The molecular weight excluding hydrogens is 434 g/mol. The van der Waals surface area contributed by atoms with Crippen molar-refractivity contribution in [3.05, 3.63) is 106 Å². The topological polar surface area (TPSA) is 21.3 Å². The predicted octanol–water partition coefficient (Wildman–Crippen LogP) is 7.45. The molecule has 1 N–H and O–H groups in total. The molecule has 0 spiro atoms. The fraction of sp³-hybridized carbons (Fsp3) is 0.0833. The van der Waals surface area contributed by atoms with Crippen LogP contribution < -0.4 is 10.1 Å². The van der Waals surface area contributed by atoms with Crippen LogP contribution >= 0.6 is 27.5 Å². The Bertz CT molecular complexity index is 1110. The number of anilines is 1. The zero-order valence-electron chi connectivity index (χ0n) is 15.2. The van der Waals surface area contributed by atoms with Gasteiger partial charge in [-0.15, -0.1) is 0 Å². The minimum absolute atomic E-state index is 0.530. The van der Waals surface area contributed by atoms with Crippen LogP contribution in [0, 0.1) is 0 Å². The van der Waals surface area contributed by atoms with E-state index in [0.29, 0.717) is 18.2 Å². The van der Waals surface area contributed by atoms with Crippen LogP contribution in [0.4, 0.5) is 5.69 Å². The van der Waals surface area contributed by atoms with Gasteiger partial charge in [-0.05, 0) is 56.5 Å². The van der Waals surface area contributed by atoms with E-state index in [9.17, 15) is 0 Å². The van der Waals surface area contributed by atoms with E-state index in [4.69, 9.17) is 16.3 Å². The molecule has 140 valence electrons. The summed E-state index contributed by atoms with van der Waals surface area (Å²) in [6.45, 7) is 1.19. The molecule has 0 aliphatic heterocycles. The van der Waals surface area contributed by atoms with E-state index in [0.717, 1.165) is 21.5 Å². The van der Waals surface area contributed by atoms with Crippen LogP contribution in [0.1, 0.15) is 11.1 Å². The molecule has 0 fully saturated rings. The van der Waals surface area contributed by atoms with Crippen molar-refractivity contribution in [1.29, 1.82) is 0 Å². The molecule has 0 heterocycles. The normalized spacial score (nSPS) is 10.8. The van der Waals surface area contributed by atoms with Gasteiger partial charge in [-0.25, -0.2) is 0 Å². The third-order valence-electron chi connectivity index (χ3n) is 4.64. The second-order valence-electron chi connectivity index (χ2n) is 6.52. The van der Waals surface area contributed by atoms with Crippen molar-refractivity contribution in [2.75, 3.05) is 5.32 Å². The van der Waals surface area contributed by atoms with Gasteiger partial charge in [0.15, 0.2) is 0 Å². The Morgan fingerprint density at radius 1 is 0.821 bits per heavy atom. The van der Waals surface area contributed by atoms with Gasteiger partial charge in [0.1, 0.15) is 12.4 Å². The Balaban J connectivity index is 1.49. The molecule has 0 unspecified atom stereocenters. The van der Waals surface area contributed by atoms with Crippen molar-refractivity contribution >= 4 is 44.0 Å². The minimum atomic E-state index is 0.530. The molecule has 0 amide bonds. The molecule has 4 heteroatoms. The largest absolute Gasteiger partial charge is 0.489 e. The van der Waals surface area contributed by atoms with Gasteiger partial charge in [0.25, 0.3) is 0 Å². The zero-order chi connectivity index (χ0) is 19.3. The first-order valence-electron chi connectivity index (χ1n) is 9.07. The minimum Gasteiger partial charge on any atom is -0.489 e.